The van der Waals surface area contributed by atoms with E-state index in [0.717, 1.165) is 5.69 Å². The van der Waals surface area contributed by atoms with Gasteiger partial charge in [0.15, 0.2) is 0 Å². The van der Waals surface area contributed by atoms with Gasteiger partial charge in [-0.3, -0.25) is 9.78 Å². The van der Waals surface area contributed by atoms with E-state index >= 15 is 0 Å². The molecule has 5 nitrogen and oxygen atoms in total. The standard InChI is InChI=1S/C12H11N3O2/c16-11-10(5-3-7-14-11)12(17)15-8-9-4-1-2-6-13-9/h1-7H,8H2,(H,14,16)(H,15,17). The summed E-state index contributed by atoms with van der Waals surface area (Å²) in [6.07, 6.45) is 3.08. The fraction of sp³-hybridized carbons (Fsp3) is 0.0833. The van der Waals surface area contributed by atoms with E-state index in [-0.39, 0.29) is 17.4 Å². The predicted octanol–water partition coefficient (Wildman–Crippen LogP) is 1.11. The molecule has 0 aliphatic carbocycles. The van der Waals surface area contributed by atoms with Crippen molar-refractivity contribution in [3.8, 4) is 5.88 Å². The second-order valence-corrected chi connectivity index (χ2v) is 3.38. The Morgan fingerprint density at radius 3 is 2.71 bits per heavy atom. The number of nitrogens with zero attached hydrogens (tertiary/aromatic N) is 2. The highest BCUT2D eigenvalue weighted by Gasteiger charge is 2.10. The topological polar surface area (TPSA) is 75.1 Å². The smallest absolute Gasteiger partial charge is 0.257 e. The van der Waals surface area contributed by atoms with E-state index in [1.807, 2.05) is 12.1 Å². The maximum atomic E-state index is 11.7. The fourth-order valence-corrected chi connectivity index (χ4v) is 1.34. The summed E-state index contributed by atoms with van der Waals surface area (Å²) >= 11 is 0. The number of carbonyl (C=O) groups excluding carboxylic acids is 1. The van der Waals surface area contributed by atoms with Crippen LogP contribution in [0.25, 0.3) is 0 Å². The van der Waals surface area contributed by atoms with E-state index in [9.17, 15) is 9.90 Å². The number of aromatic nitrogens is 2. The van der Waals surface area contributed by atoms with Crippen LogP contribution >= 0.6 is 0 Å². The molecule has 2 heterocycles. The van der Waals surface area contributed by atoms with Crippen LogP contribution in [-0.2, 0) is 6.54 Å². The molecule has 86 valence electrons. The lowest BCUT2D eigenvalue weighted by Gasteiger charge is -2.05. The quantitative estimate of drug-likeness (QED) is 0.826. The van der Waals surface area contributed by atoms with Gasteiger partial charge in [0.2, 0.25) is 5.88 Å². The predicted molar refractivity (Wildman–Crippen MR) is 61.3 cm³/mol. The first-order valence-electron chi connectivity index (χ1n) is 5.09. The maximum absolute atomic E-state index is 11.7. The zero-order valence-corrected chi connectivity index (χ0v) is 9.00. The SMILES string of the molecule is O=C(NCc1ccccn1)c1cccnc1O. The molecule has 2 rings (SSSR count). The highest BCUT2D eigenvalue weighted by molar-refractivity contribution is 5.96. The van der Waals surface area contributed by atoms with Crippen molar-refractivity contribution in [2.75, 3.05) is 0 Å². The third-order valence-electron chi connectivity index (χ3n) is 2.19. The number of carbonyl (C=O) groups is 1. The first-order chi connectivity index (χ1) is 8.27. The van der Waals surface area contributed by atoms with Crippen molar-refractivity contribution < 1.29 is 9.90 Å². The first kappa shape index (κ1) is 11.1. The molecule has 0 saturated heterocycles. The molecule has 0 aliphatic rings. The minimum absolute atomic E-state index is 0.156. The van der Waals surface area contributed by atoms with Crippen LogP contribution in [0.4, 0.5) is 0 Å². The Morgan fingerprint density at radius 1 is 1.18 bits per heavy atom. The van der Waals surface area contributed by atoms with Crippen LogP contribution in [0.15, 0.2) is 42.7 Å². The Morgan fingerprint density at radius 2 is 2.00 bits per heavy atom. The molecular formula is C12H11N3O2. The minimum atomic E-state index is -0.374. The van der Waals surface area contributed by atoms with Crippen molar-refractivity contribution in [1.82, 2.24) is 15.3 Å². The van der Waals surface area contributed by atoms with Crippen molar-refractivity contribution in [1.29, 1.82) is 0 Å². The number of pyridine rings is 2. The Labute approximate surface area is 98.2 Å². The van der Waals surface area contributed by atoms with Crippen molar-refractivity contribution in [2.45, 2.75) is 6.54 Å². The molecule has 0 aliphatic heterocycles. The molecule has 2 N–H and O–H groups in total. The lowest BCUT2D eigenvalue weighted by Crippen LogP contribution is -2.23. The Bertz CT molecular complexity index is 514. The van der Waals surface area contributed by atoms with E-state index in [1.54, 1.807) is 18.3 Å². The number of amides is 1. The van der Waals surface area contributed by atoms with E-state index in [4.69, 9.17) is 0 Å². The maximum Gasteiger partial charge on any atom is 0.257 e. The van der Waals surface area contributed by atoms with E-state index in [1.165, 1.54) is 12.3 Å². The van der Waals surface area contributed by atoms with Crippen LogP contribution in [0.2, 0.25) is 0 Å². The second kappa shape index (κ2) is 5.07. The molecule has 0 aromatic carbocycles. The van der Waals surface area contributed by atoms with Gasteiger partial charge in [0, 0.05) is 12.4 Å². The van der Waals surface area contributed by atoms with Crippen LogP contribution in [0, 0.1) is 0 Å². The Kier molecular flexibility index (Phi) is 3.30. The fourth-order valence-electron chi connectivity index (χ4n) is 1.34. The number of hydrogen-bond acceptors (Lipinski definition) is 4. The highest BCUT2D eigenvalue weighted by atomic mass is 16.3. The molecule has 0 spiro atoms. The van der Waals surface area contributed by atoms with Gasteiger partial charge in [-0.25, -0.2) is 4.98 Å². The number of nitrogens with one attached hydrogen (secondary N) is 1. The minimum Gasteiger partial charge on any atom is -0.493 e. The van der Waals surface area contributed by atoms with Crippen molar-refractivity contribution >= 4 is 5.91 Å². The molecule has 0 unspecified atom stereocenters. The van der Waals surface area contributed by atoms with Gasteiger partial charge >= 0.3 is 0 Å². The van der Waals surface area contributed by atoms with Crippen LogP contribution in [0.1, 0.15) is 16.1 Å². The molecule has 0 bridgehead atoms. The van der Waals surface area contributed by atoms with Crippen LogP contribution < -0.4 is 5.32 Å². The molecule has 2 aromatic heterocycles. The van der Waals surface area contributed by atoms with Crippen molar-refractivity contribution in [3.63, 3.8) is 0 Å². The molecule has 0 fully saturated rings. The van der Waals surface area contributed by atoms with Crippen LogP contribution in [0.3, 0.4) is 0 Å². The summed E-state index contributed by atoms with van der Waals surface area (Å²) in [5.41, 5.74) is 0.910. The number of aromatic hydroxyl groups is 1. The van der Waals surface area contributed by atoms with Gasteiger partial charge in [0.05, 0.1) is 12.2 Å². The average molecular weight is 229 g/mol. The highest BCUT2D eigenvalue weighted by Crippen LogP contribution is 2.11. The second-order valence-electron chi connectivity index (χ2n) is 3.38. The molecule has 0 saturated carbocycles. The number of rotatable bonds is 3. The van der Waals surface area contributed by atoms with Gasteiger partial charge in [-0.1, -0.05) is 6.07 Å². The third kappa shape index (κ3) is 2.78. The van der Waals surface area contributed by atoms with Gasteiger partial charge in [-0.05, 0) is 24.3 Å². The van der Waals surface area contributed by atoms with Crippen LogP contribution in [0.5, 0.6) is 5.88 Å². The first-order valence-corrected chi connectivity index (χ1v) is 5.09. The molecule has 2 aromatic rings. The van der Waals surface area contributed by atoms with Crippen molar-refractivity contribution in [2.24, 2.45) is 0 Å². The van der Waals surface area contributed by atoms with E-state index < -0.39 is 0 Å². The summed E-state index contributed by atoms with van der Waals surface area (Å²) in [5.74, 6) is -0.646. The normalized spacial score (nSPS) is 9.88. The summed E-state index contributed by atoms with van der Waals surface area (Å²) in [7, 11) is 0. The average Bonchev–Trinajstić information content (AvgIpc) is 2.38. The van der Waals surface area contributed by atoms with E-state index in [2.05, 4.69) is 15.3 Å². The molecule has 0 atom stereocenters. The molecule has 0 radical (unpaired) electrons. The molecule has 5 heteroatoms. The Hall–Kier alpha value is -2.43. The van der Waals surface area contributed by atoms with Crippen LogP contribution in [-0.4, -0.2) is 21.0 Å². The van der Waals surface area contributed by atoms with Gasteiger partial charge in [0.1, 0.15) is 5.56 Å². The summed E-state index contributed by atoms with van der Waals surface area (Å²) in [6.45, 7) is 0.313. The zero-order valence-electron chi connectivity index (χ0n) is 9.00. The molecular weight excluding hydrogens is 218 g/mol. The Balaban J connectivity index is 2.01. The lowest BCUT2D eigenvalue weighted by molar-refractivity contribution is 0.0947. The lowest BCUT2D eigenvalue weighted by atomic mass is 10.2. The summed E-state index contributed by atoms with van der Waals surface area (Å²) in [4.78, 5) is 19.4. The van der Waals surface area contributed by atoms with E-state index in [0.29, 0.717) is 6.54 Å². The van der Waals surface area contributed by atoms with Gasteiger partial charge in [-0.15, -0.1) is 0 Å². The zero-order chi connectivity index (χ0) is 12.1. The largest absolute Gasteiger partial charge is 0.493 e. The monoisotopic (exact) mass is 229 g/mol. The van der Waals surface area contributed by atoms with Gasteiger partial charge in [0.25, 0.3) is 5.91 Å². The summed E-state index contributed by atoms with van der Waals surface area (Å²) < 4.78 is 0. The molecule has 1 amide bonds. The summed E-state index contributed by atoms with van der Waals surface area (Å²) in [5, 5.41) is 12.0. The third-order valence-corrected chi connectivity index (χ3v) is 2.19. The van der Waals surface area contributed by atoms with Crippen molar-refractivity contribution in [3.05, 3.63) is 54.0 Å². The number of hydrogen-bond donors (Lipinski definition) is 2. The van der Waals surface area contributed by atoms with Gasteiger partial charge < -0.3 is 10.4 Å². The summed E-state index contributed by atoms with van der Waals surface area (Å²) in [6, 6.07) is 8.56. The molecule has 17 heavy (non-hydrogen) atoms. The van der Waals surface area contributed by atoms with Gasteiger partial charge in [-0.2, -0.15) is 0 Å².